The number of carboxylic acids is 1. The summed E-state index contributed by atoms with van der Waals surface area (Å²) in [7, 11) is 0. The first-order valence-corrected chi connectivity index (χ1v) is 5.47. The molecule has 1 aliphatic carbocycles. The summed E-state index contributed by atoms with van der Waals surface area (Å²) in [5, 5.41) is 8.56. The van der Waals surface area contributed by atoms with Crippen LogP contribution in [0.5, 0.6) is 0 Å². The average Bonchev–Trinajstić information content (AvgIpc) is 2.11. The summed E-state index contributed by atoms with van der Waals surface area (Å²) in [6.45, 7) is 0. The Kier molecular flexibility index (Phi) is 3.03. The zero-order chi connectivity index (χ0) is 11.5. The molecule has 0 aliphatic heterocycles. The summed E-state index contributed by atoms with van der Waals surface area (Å²) in [6, 6.07) is 1.52. The molecule has 16 heavy (non-hydrogen) atoms. The van der Waals surface area contributed by atoms with E-state index in [1.165, 1.54) is 12.5 Å². The number of nitrogens with one attached hydrogen (secondary N) is 1. The van der Waals surface area contributed by atoms with Crippen molar-refractivity contribution in [2.24, 2.45) is 0 Å². The number of aryl methyl sites for hydroxylation is 1. The van der Waals surface area contributed by atoms with Crippen molar-refractivity contribution in [3.05, 3.63) is 27.9 Å². The molecule has 0 unspecified atom stereocenters. The minimum Gasteiger partial charge on any atom is -0.481 e. The quantitative estimate of drug-likeness (QED) is 0.797. The molecule has 1 aromatic heterocycles. The molecular formula is C11H14N2O3. The lowest BCUT2D eigenvalue weighted by atomic mass is 9.83. The number of H-pyrrole nitrogens is 1. The second kappa shape index (κ2) is 4.47. The Bertz CT molecular complexity index is 449. The van der Waals surface area contributed by atoms with Gasteiger partial charge in [-0.2, -0.15) is 0 Å². The van der Waals surface area contributed by atoms with Crippen molar-refractivity contribution in [2.45, 2.75) is 38.0 Å². The number of aromatic nitrogens is 2. The van der Waals surface area contributed by atoms with Crippen LogP contribution in [0.1, 0.15) is 43.1 Å². The normalized spacial score (nSPS) is 15.8. The standard InChI is InChI=1S/C11H14N2O3/c14-10-6-8(7-2-1-3-7)12-9(13-10)4-5-11(15)16/h6-7H,1-5H2,(H,15,16)(H,12,13,14). The molecule has 0 amide bonds. The Labute approximate surface area is 92.5 Å². The fraction of sp³-hybridized carbons (Fsp3) is 0.545. The summed E-state index contributed by atoms with van der Waals surface area (Å²) in [6.07, 6.45) is 3.62. The maximum atomic E-state index is 11.4. The molecule has 2 N–H and O–H groups in total. The van der Waals surface area contributed by atoms with Gasteiger partial charge in [0.15, 0.2) is 0 Å². The molecule has 2 rings (SSSR count). The molecular weight excluding hydrogens is 208 g/mol. The lowest BCUT2D eigenvalue weighted by Crippen LogP contribution is -2.18. The van der Waals surface area contributed by atoms with Gasteiger partial charge < -0.3 is 10.1 Å². The summed E-state index contributed by atoms with van der Waals surface area (Å²) >= 11 is 0. The third-order valence-electron chi connectivity index (χ3n) is 2.91. The maximum Gasteiger partial charge on any atom is 0.303 e. The van der Waals surface area contributed by atoms with Crippen molar-refractivity contribution < 1.29 is 9.90 Å². The van der Waals surface area contributed by atoms with Crippen molar-refractivity contribution >= 4 is 5.97 Å². The third kappa shape index (κ3) is 2.48. The highest BCUT2D eigenvalue weighted by atomic mass is 16.4. The first kappa shape index (κ1) is 10.9. The highest BCUT2D eigenvalue weighted by Crippen LogP contribution is 2.34. The largest absolute Gasteiger partial charge is 0.481 e. The Morgan fingerprint density at radius 2 is 2.31 bits per heavy atom. The second-order valence-corrected chi connectivity index (χ2v) is 4.14. The third-order valence-corrected chi connectivity index (χ3v) is 2.91. The van der Waals surface area contributed by atoms with Crippen molar-refractivity contribution in [2.75, 3.05) is 0 Å². The molecule has 1 aromatic rings. The highest BCUT2D eigenvalue weighted by Gasteiger charge is 2.21. The Hall–Kier alpha value is -1.65. The second-order valence-electron chi connectivity index (χ2n) is 4.14. The van der Waals surface area contributed by atoms with Crippen molar-refractivity contribution in [1.82, 2.24) is 9.97 Å². The molecule has 0 bridgehead atoms. The van der Waals surface area contributed by atoms with E-state index in [1.807, 2.05) is 0 Å². The van der Waals surface area contributed by atoms with Gasteiger partial charge in [0.1, 0.15) is 5.82 Å². The fourth-order valence-electron chi connectivity index (χ4n) is 1.79. The van der Waals surface area contributed by atoms with E-state index < -0.39 is 5.97 Å². The van der Waals surface area contributed by atoms with E-state index in [1.54, 1.807) is 0 Å². The lowest BCUT2D eigenvalue weighted by molar-refractivity contribution is -0.137. The van der Waals surface area contributed by atoms with Gasteiger partial charge in [-0.1, -0.05) is 6.42 Å². The topological polar surface area (TPSA) is 83.0 Å². The van der Waals surface area contributed by atoms with E-state index in [0.717, 1.165) is 18.5 Å². The van der Waals surface area contributed by atoms with Crippen LogP contribution in [-0.4, -0.2) is 21.0 Å². The van der Waals surface area contributed by atoms with Gasteiger partial charge in [-0.15, -0.1) is 0 Å². The number of carbonyl (C=O) groups is 1. The zero-order valence-electron chi connectivity index (χ0n) is 8.90. The molecule has 1 fully saturated rings. The first-order valence-electron chi connectivity index (χ1n) is 5.47. The number of carboxylic acid groups (broad SMARTS) is 1. The summed E-state index contributed by atoms with van der Waals surface area (Å²) in [5.41, 5.74) is 0.632. The van der Waals surface area contributed by atoms with Gasteiger partial charge in [0.25, 0.3) is 5.56 Å². The van der Waals surface area contributed by atoms with E-state index in [4.69, 9.17) is 5.11 Å². The molecule has 86 valence electrons. The molecule has 0 atom stereocenters. The van der Waals surface area contributed by atoms with E-state index in [-0.39, 0.29) is 18.4 Å². The van der Waals surface area contributed by atoms with Crippen LogP contribution in [-0.2, 0) is 11.2 Å². The summed E-state index contributed by atoms with van der Waals surface area (Å²) in [5.74, 6) is -0.000579. The van der Waals surface area contributed by atoms with Crippen LogP contribution in [0.25, 0.3) is 0 Å². The van der Waals surface area contributed by atoms with Crippen LogP contribution < -0.4 is 5.56 Å². The van der Waals surface area contributed by atoms with Gasteiger partial charge in [-0.25, -0.2) is 4.98 Å². The minimum absolute atomic E-state index is 0.00292. The molecule has 0 aromatic carbocycles. The monoisotopic (exact) mass is 222 g/mol. The molecule has 0 saturated heterocycles. The molecule has 0 radical (unpaired) electrons. The minimum atomic E-state index is -0.878. The molecule has 5 nitrogen and oxygen atoms in total. The maximum absolute atomic E-state index is 11.4. The van der Waals surface area contributed by atoms with Crippen LogP contribution in [0.4, 0.5) is 0 Å². The molecule has 0 spiro atoms. The van der Waals surface area contributed by atoms with E-state index in [2.05, 4.69) is 9.97 Å². The Balaban J connectivity index is 2.15. The highest BCUT2D eigenvalue weighted by molar-refractivity contribution is 5.66. The Morgan fingerprint density at radius 1 is 1.56 bits per heavy atom. The van der Waals surface area contributed by atoms with E-state index >= 15 is 0 Å². The number of aromatic amines is 1. The molecule has 1 heterocycles. The Morgan fingerprint density at radius 3 is 2.88 bits per heavy atom. The number of rotatable bonds is 4. The van der Waals surface area contributed by atoms with Gasteiger partial charge in [-0.3, -0.25) is 9.59 Å². The zero-order valence-corrected chi connectivity index (χ0v) is 8.90. The molecule has 1 saturated carbocycles. The lowest BCUT2D eigenvalue weighted by Gasteiger charge is -2.24. The predicted octanol–water partition coefficient (Wildman–Crippen LogP) is 1.05. The molecule has 5 heteroatoms. The van der Waals surface area contributed by atoms with Crippen LogP contribution in [0.15, 0.2) is 10.9 Å². The van der Waals surface area contributed by atoms with Crippen molar-refractivity contribution in [1.29, 1.82) is 0 Å². The van der Waals surface area contributed by atoms with Crippen LogP contribution >= 0.6 is 0 Å². The SMILES string of the molecule is O=C(O)CCc1nc(C2CCC2)cc(=O)[nH]1. The van der Waals surface area contributed by atoms with E-state index in [0.29, 0.717) is 11.7 Å². The van der Waals surface area contributed by atoms with Gasteiger partial charge >= 0.3 is 5.97 Å². The van der Waals surface area contributed by atoms with Crippen LogP contribution in [0.2, 0.25) is 0 Å². The summed E-state index contributed by atoms with van der Waals surface area (Å²) < 4.78 is 0. The smallest absolute Gasteiger partial charge is 0.303 e. The van der Waals surface area contributed by atoms with Crippen molar-refractivity contribution in [3.63, 3.8) is 0 Å². The molecule has 1 aliphatic rings. The first-order chi connectivity index (χ1) is 7.65. The van der Waals surface area contributed by atoms with Gasteiger partial charge in [0, 0.05) is 18.4 Å². The number of hydrogen-bond acceptors (Lipinski definition) is 3. The fourth-order valence-corrected chi connectivity index (χ4v) is 1.79. The van der Waals surface area contributed by atoms with Gasteiger partial charge in [0.05, 0.1) is 12.1 Å². The predicted molar refractivity (Wildman–Crippen MR) is 57.4 cm³/mol. The van der Waals surface area contributed by atoms with Crippen LogP contribution in [0, 0.1) is 0 Å². The van der Waals surface area contributed by atoms with Gasteiger partial charge in [0.2, 0.25) is 0 Å². The number of hydrogen-bond donors (Lipinski definition) is 2. The average molecular weight is 222 g/mol. The van der Waals surface area contributed by atoms with Crippen molar-refractivity contribution in [3.8, 4) is 0 Å². The van der Waals surface area contributed by atoms with Gasteiger partial charge in [-0.05, 0) is 12.8 Å². The van der Waals surface area contributed by atoms with Crippen LogP contribution in [0.3, 0.4) is 0 Å². The summed E-state index contributed by atoms with van der Waals surface area (Å²) in [4.78, 5) is 28.7. The van der Waals surface area contributed by atoms with E-state index in [9.17, 15) is 9.59 Å². The number of nitrogens with zero attached hydrogens (tertiary/aromatic N) is 1. The number of aliphatic carboxylic acids is 1.